The number of methoxy groups -OCH3 is 1. The van der Waals surface area contributed by atoms with Crippen LogP contribution in [0, 0.1) is 0 Å². The Morgan fingerprint density at radius 3 is 2.48 bits per heavy atom. The number of amides is 1. The van der Waals surface area contributed by atoms with Crippen molar-refractivity contribution in [3.63, 3.8) is 0 Å². The summed E-state index contributed by atoms with van der Waals surface area (Å²) in [7, 11) is -3.11. The summed E-state index contributed by atoms with van der Waals surface area (Å²) in [5.74, 6) is -1.00. The number of fused-ring (bicyclic) bond motifs is 1. The molecule has 0 saturated carbocycles. The second kappa shape index (κ2) is 7.39. The summed E-state index contributed by atoms with van der Waals surface area (Å²) in [5, 5.41) is -0.531. The molecule has 0 aliphatic rings. The molecule has 0 aliphatic carbocycles. The molecule has 1 aromatic carbocycles. The summed E-state index contributed by atoms with van der Waals surface area (Å²) in [6, 6.07) is 4.45. The van der Waals surface area contributed by atoms with Gasteiger partial charge in [0.05, 0.1) is 22.7 Å². The molecule has 154 valence electrons. The lowest BCUT2D eigenvalue weighted by Crippen LogP contribution is -2.31. The van der Waals surface area contributed by atoms with E-state index >= 15 is 0 Å². The predicted octanol–water partition coefficient (Wildman–Crippen LogP) is 3.79. The number of ether oxygens (including phenoxy) is 1. The van der Waals surface area contributed by atoms with Crippen molar-refractivity contribution in [1.29, 1.82) is 0 Å². The van der Waals surface area contributed by atoms with Crippen LogP contribution in [0.1, 0.15) is 16.1 Å². The van der Waals surface area contributed by atoms with Crippen molar-refractivity contribution in [2.75, 3.05) is 7.11 Å². The van der Waals surface area contributed by atoms with Crippen molar-refractivity contribution in [3.05, 3.63) is 58.0 Å². The Bertz CT molecular complexity index is 1230. The number of pyridine rings is 1. The Balaban J connectivity index is 1.97. The van der Waals surface area contributed by atoms with Gasteiger partial charge in [-0.3, -0.25) is 4.79 Å². The lowest BCUT2D eigenvalue weighted by Gasteiger charge is -2.09. The van der Waals surface area contributed by atoms with Gasteiger partial charge in [0, 0.05) is 18.5 Å². The molecule has 2 aromatic heterocycles. The highest BCUT2D eigenvalue weighted by Crippen LogP contribution is 2.32. The van der Waals surface area contributed by atoms with Crippen LogP contribution in [-0.4, -0.2) is 30.8 Å². The molecule has 3 rings (SSSR count). The molecular formula is C16H10Cl2F3N3O4S. The molecule has 0 bridgehead atoms. The van der Waals surface area contributed by atoms with E-state index in [4.69, 9.17) is 27.9 Å². The van der Waals surface area contributed by atoms with Crippen LogP contribution < -0.4 is 9.46 Å². The Morgan fingerprint density at radius 2 is 1.86 bits per heavy atom. The molecule has 0 aliphatic heterocycles. The first kappa shape index (κ1) is 21.2. The smallest absolute Gasteiger partial charge is 0.417 e. The average molecular weight is 468 g/mol. The predicted molar refractivity (Wildman–Crippen MR) is 97.9 cm³/mol. The minimum Gasteiger partial charge on any atom is -0.497 e. The molecule has 1 N–H and O–H groups in total. The largest absolute Gasteiger partial charge is 0.497 e. The molecule has 0 saturated heterocycles. The molecule has 0 atom stereocenters. The summed E-state index contributed by atoms with van der Waals surface area (Å²) < 4.78 is 71.2. The van der Waals surface area contributed by atoms with Crippen LogP contribution in [-0.2, 0) is 16.2 Å². The number of aromatic nitrogens is 2. The monoisotopic (exact) mass is 467 g/mol. The van der Waals surface area contributed by atoms with Crippen LogP contribution >= 0.6 is 23.2 Å². The van der Waals surface area contributed by atoms with Crippen molar-refractivity contribution in [2.45, 2.75) is 11.1 Å². The minimum absolute atomic E-state index is 0.151. The third kappa shape index (κ3) is 4.26. The van der Waals surface area contributed by atoms with Gasteiger partial charge >= 0.3 is 6.18 Å². The minimum atomic E-state index is -4.67. The zero-order valence-electron chi connectivity index (χ0n) is 14.3. The van der Waals surface area contributed by atoms with E-state index in [1.807, 2.05) is 0 Å². The number of nitrogens with one attached hydrogen (secondary N) is 1. The molecular weight excluding hydrogens is 458 g/mol. The molecule has 1 amide bonds. The lowest BCUT2D eigenvalue weighted by molar-refractivity contribution is -0.137. The molecule has 29 heavy (non-hydrogen) atoms. The van der Waals surface area contributed by atoms with Crippen LogP contribution in [0.25, 0.3) is 5.65 Å². The maximum Gasteiger partial charge on any atom is 0.417 e. The van der Waals surface area contributed by atoms with E-state index in [2.05, 4.69) is 4.98 Å². The summed E-state index contributed by atoms with van der Waals surface area (Å²) in [5.41, 5.74) is -1.68. The highest BCUT2D eigenvalue weighted by Gasteiger charge is 2.32. The summed E-state index contributed by atoms with van der Waals surface area (Å²) in [6.07, 6.45) is -3.07. The number of carbonyl (C=O) groups is 1. The van der Waals surface area contributed by atoms with Gasteiger partial charge in [-0.25, -0.2) is 18.1 Å². The van der Waals surface area contributed by atoms with Crippen molar-refractivity contribution in [3.8, 4) is 5.75 Å². The number of nitrogens with zero attached hydrogens (tertiary/aromatic N) is 2. The molecule has 0 fully saturated rings. The topological polar surface area (TPSA) is 89.8 Å². The van der Waals surface area contributed by atoms with Crippen LogP contribution in [0.2, 0.25) is 10.0 Å². The fourth-order valence-corrected chi connectivity index (χ4v) is 4.10. The zero-order chi connectivity index (χ0) is 21.6. The quantitative estimate of drug-likeness (QED) is 0.630. The molecule has 7 nitrogen and oxygen atoms in total. The van der Waals surface area contributed by atoms with Gasteiger partial charge in [-0.15, -0.1) is 0 Å². The summed E-state index contributed by atoms with van der Waals surface area (Å²) in [4.78, 5) is 15.7. The van der Waals surface area contributed by atoms with E-state index in [9.17, 15) is 26.4 Å². The Hall–Kier alpha value is -2.50. The highest BCUT2D eigenvalue weighted by atomic mass is 35.5. The Labute approximate surface area is 172 Å². The summed E-state index contributed by atoms with van der Waals surface area (Å²) >= 11 is 11.7. The number of alkyl halides is 3. The number of hydrogen-bond acceptors (Lipinski definition) is 5. The van der Waals surface area contributed by atoms with Gasteiger partial charge < -0.3 is 9.14 Å². The van der Waals surface area contributed by atoms with Gasteiger partial charge in [0.1, 0.15) is 16.3 Å². The van der Waals surface area contributed by atoms with E-state index in [0.717, 1.165) is 16.7 Å². The summed E-state index contributed by atoms with van der Waals surface area (Å²) in [6.45, 7) is 0. The lowest BCUT2D eigenvalue weighted by atomic mass is 10.3. The maximum absolute atomic E-state index is 12.9. The first-order chi connectivity index (χ1) is 13.4. The molecule has 13 heteroatoms. The Kier molecular flexibility index (Phi) is 5.41. The first-order valence-electron chi connectivity index (χ1n) is 7.58. The maximum atomic E-state index is 12.9. The molecule has 3 aromatic rings. The van der Waals surface area contributed by atoms with Gasteiger partial charge in [-0.05, 0) is 18.2 Å². The van der Waals surface area contributed by atoms with Crippen LogP contribution in [0.5, 0.6) is 5.75 Å². The third-order valence-electron chi connectivity index (χ3n) is 3.72. The van der Waals surface area contributed by atoms with E-state index < -0.39 is 38.3 Å². The number of hydrogen-bond donors (Lipinski definition) is 1. The van der Waals surface area contributed by atoms with Crippen LogP contribution in [0.15, 0.2) is 41.6 Å². The molecule has 0 unspecified atom stereocenters. The molecule has 0 radical (unpaired) electrons. The van der Waals surface area contributed by atoms with Gasteiger partial charge in [0.15, 0.2) is 5.65 Å². The second-order valence-corrected chi connectivity index (χ2v) is 8.13. The van der Waals surface area contributed by atoms with Crippen LogP contribution in [0.4, 0.5) is 13.2 Å². The number of rotatable bonds is 4. The van der Waals surface area contributed by atoms with E-state index in [1.54, 1.807) is 4.72 Å². The second-order valence-electron chi connectivity index (χ2n) is 5.66. The van der Waals surface area contributed by atoms with Gasteiger partial charge in [0.2, 0.25) is 0 Å². The number of imidazole rings is 1. The fourth-order valence-electron chi connectivity index (χ4n) is 2.37. The van der Waals surface area contributed by atoms with E-state index in [-0.39, 0.29) is 21.4 Å². The van der Waals surface area contributed by atoms with Crippen molar-refractivity contribution in [2.24, 2.45) is 0 Å². The van der Waals surface area contributed by atoms with Gasteiger partial charge in [-0.1, -0.05) is 23.2 Å². The van der Waals surface area contributed by atoms with E-state index in [1.165, 1.54) is 19.2 Å². The molecule has 2 heterocycles. The number of sulfonamides is 1. The molecule has 0 spiro atoms. The van der Waals surface area contributed by atoms with Crippen molar-refractivity contribution in [1.82, 2.24) is 14.1 Å². The number of halogens is 5. The number of benzene rings is 1. The highest BCUT2D eigenvalue weighted by molar-refractivity contribution is 7.90. The van der Waals surface area contributed by atoms with Gasteiger partial charge in [0.25, 0.3) is 15.9 Å². The third-order valence-corrected chi connectivity index (χ3v) is 5.81. The Morgan fingerprint density at radius 1 is 1.17 bits per heavy atom. The standard InChI is InChI=1S/C16H10Cl2F3N3O4S/c1-28-9-2-3-10(17)13(5-9)29(26,27)23-15(25)12-7-24-6-8(16(19,20)21)4-11(18)14(24)22-12/h2-7H,1H3,(H,23,25). The van der Waals surface area contributed by atoms with E-state index in [0.29, 0.717) is 12.3 Å². The van der Waals surface area contributed by atoms with Crippen LogP contribution in [0.3, 0.4) is 0 Å². The van der Waals surface area contributed by atoms with Gasteiger partial charge in [-0.2, -0.15) is 13.2 Å². The first-order valence-corrected chi connectivity index (χ1v) is 9.82. The fraction of sp³-hybridized carbons (Fsp3) is 0.125. The zero-order valence-corrected chi connectivity index (χ0v) is 16.6. The number of carbonyl (C=O) groups excluding carboxylic acids is 1. The normalized spacial score (nSPS) is 12.2. The van der Waals surface area contributed by atoms with Crippen molar-refractivity contribution < 1.29 is 31.1 Å². The average Bonchev–Trinajstić information content (AvgIpc) is 3.06. The van der Waals surface area contributed by atoms with Crippen molar-refractivity contribution >= 4 is 44.8 Å². The SMILES string of the molecule is COc1ccc(Cl)c(S(=O)(=O)NC(=O)c2cn3cc(C(F)(F)F)cc(Cl)c3n2)c1.